The molecule has 1 atom stereocenters. The molecule has 3 rings (SSSR count). The lowest BCUT2D eigenvalue weighted by molar-refractivity contribution is -0.0979. The Bertz CT molecular complexity index is 681. The van der Waals surface area contributed by atoms with Gasteiger partial charge in [0.2, 0.25) is 0 Å². The van der Waals surface area contributed by atoms with Gasteiger partial charge in [0, 0.05) is 0 Å². The molecule has 0 saturated heterocycles. The van der Waals surface area contributed by atoms with Gasteiger partial charge in [-0.15, -0.1) is 0 Å². The SMILES string of the molecule is C=Cc1cc2c(c(C)c1/C=C(\C)C1CC1)CC(C)C2.C=O.CCC(C)(C)F.CN. The van der Waals surface area contributed by atoms with Crippen LogP contribution < -0.4 is 5.73 Å². The summed E-state index contributed by atoms with van der Waals surface area (Å²) in [6.45, 7) is 18.0. The Labute approximate surface area is 178 Å². The molecular formula is C26H42FNO. The number of rotatable bonds is 4. The van der Waals surface area contributed by atoms with E-state index >= 15 is 0 Å². The fraction of sp³-hybridized carbons (Fsp3) is 0.577. The van der Waals surface area contributed by atoms with Gasteiger partial charge in [-0.3, -0.25) is 0 Å². The highest BCUT2D eigenvalue weighted by atomic mass is 19.1. The first-order valence-electron chi connectivity index (χ1n) is 10.7. The summed E-state index contributed by atoms with van der Waals surface area (Å²) in [4.78, 5) is 8.00. The van der Waals surface area contributed by atoms with Crippen LogP contribution in [0.1, 0.15) is 81.7 Å². The number of carbonyl (C=O) groups is 1. The van der Waals surface area contributed by atoms with Gasteiger partial charge in [-0.2, -0.15) is 0 Å². The second-order valence-electron chi connectivity index (χ2n) is 8.59. The van der Waals surface area contributed by atoms with Gasteiger partial charge >= 0.3 is 0 Å². The number of alkyl halides is 1. The minimum absolute atomic E-state index is 0.604. The Morgan fingerprint density at radius 3 is 2.21 bits per heavy atom. The number of hydrogen-bond acceptors (Lipinski definition) is 2. The van der Waals surface area contributed by atoms with E-state index < -0.39 is 5.67 Å². The van der Waals surface area contributed by atoms with Crippen molar-refractivity contribution in [1.82, 2.24) is 0 Å². The molecule has 2 N–H and O–H groups in total. The molecule has 0 bridgehead atoms. The van der Waals surface area contributed by atoms with Gasteiger partial charge in [0.05, 0.1) is 0 Å². The largest absolute Gasteiger partial charge is 0.333 e. The quantitative estimate of drug-likeness (QED) is 0.606. The van der Waals surface area contributed by atoms with Crippen LogP contribution in [0.3, 0.4) is 0 Å². The highest BCUT2D eigenvalue weighted by molar-refractivity contribution is 5.71. The Hall–Kier alpha value is -1.74. The summed E-state index contributed by atoms with van der Waals surface area (Å²) in [5.74, 6) is 1.65. The van der Waals surface area contributed by atoms with Gasteiger partial charge in [-0.1, -0.05) is 44.2 Å². The number of nitrogens with two attached hydrogens (primary N) is 1. The molecule has 1 unspecified atom stereocenters. The standard InChI is InChI=1S/C19H24.C5H11F.CH5N.CH2O/c1-5-15-11-17-8-12(2)9-18(17)14(4)19(15)10-13(3)16-6-7-16;1-4-5(2,3)6;2*1-2/h5,10-12,16H,1,6-9H2,2-4H3;4H2,1-3H3;2H2,1H3;1H2/b13-10+;;;. The van der Waals surface area contributed by atoms with Crippen molar-refractivity contribution >= 4 is 18.9 Å². The molecule has 0 aromatic heterocycles. The Balaban J connectivity index is 0.000000670. The summed E-state index contributed by atoms with van der Waals surface area (Å²) in [7, 11) is 1.50. The van der Waals surface area contributed by atoms with Gasteiger partial charge in [0.25, 0.3) is 0 Å². The smallest absolute Gasteiger partial charge is 0.106 e. The molecule has 1 aromatic rings. The van der Waals surface area contributed by atoms with Crippen molar-refractivity contribution in [2.45, 2.75) is 79.3 Å². The van der Waals surface area contributed by atoms with Gasteiger partial charge < -0.3 is 10.5 Å². The number of halogens is 1. The number of fused-ring (bicyclic) bond motifs is 1. The van der Waals surface area contributed by atoms with Gasteiger partial charge in [0.15, 0.2) is 0 Å². The number of benzene rings is 1. The molecule has 2 aliphatic rings. The minimum atomic E-state index is -0.958. The maximum absolute atomic E-state index is 12.1. The molecule has 2 aliphatic carbocycles. The molecule has 1 saturated carbocycles. The van der Waals surface area contributed by atoms with Crippen LogP contribution in [0.4, 0.5) is 4.39 Å². The minimum Gasteiger partial charge on any atom is -0.333 e. The second kappa shape index (κ2) is 12.7. The fourth-order valence-corrected chi connectivity index (χ4v) is 3.48. The van der Waals surface area contributed by atoms with Crippen LogP contribution in [0.25, 0.3) is 12.2 Å². The normalized spacial score (nSPS) is 17.6. The summed E-state index contributed by atoms with van der Waals surface area (Å²) in [6.07, 6.45) is 10.3. The highest BCUT2D eigenvalue weighted by Gasteiger charge is 2.25. The molecule has 0 amide bonds. The topological polar surface area (TPSA) is 43.1 Å². The lowest BCUT2D eigenvalue weighted by Crippen LogP contribution is -2.07. The van der Waals surface area contributed by atoms with E-state index in [0.717, 1.165) is 11.8 Å². The first kappa shape index (κ1) is 27.3. The Morgan fingerprint density at radius 2 is 1.79 bits per heavy atom. The lowest BCUT2D eigenvalue weighted by atomic mass is 9.92. The van der Waals surface area contributed by atoms with Crippen LogP contribution >= 0.6 is 0 Å². The first-order chi connectivity index (χ1) is 13.7. The van der Waals surface area contributed by atoms with Crippen molar-refractivity contribution in [3.8, 4) is 0 Å². The van der Waals surface area contributed by atoms with Crippen molar-refractivity contribution < 1.29 is 9.18 Å². The molecule has 0 spiro atoms. The fourth-order valence-electron chi connectivity index (χ4n) is 3.48. The van der Waals surface area contributed by atoms with E-state index in [0.29, 0.717) is 6.42 Å². The van der Waals surface area contributed by atoms with Gasteiger partial charge in [-0.25, -0.2) is 4.39 Å². The average Bonchev–Trinajstić information content (AvgIpc) is 3.49. The average molecular weight is 404 g/mol. The molecule has 164 valence electrons. The van der Waals surface area contributed by atoms with Crippen LogP contribution in [-0.2, 0) is 17.6 Å². The third-order valence-electron chi connectivity index (χ3n) is 5.66. The lowest BCUT2D eigenvalue weighted by Gasteiger charge is -2.13. The zero-order chi connectivity index (χ0) is 22.8. The van der Waals surface area contributed by atoms with Crippen molar-refractivity contribution in [3.63, 3.8) is 0 Å². The van der Waals surface area contributed by atoms with E-state index in [1.165, 1.54) is 49.4 Å². The van der Waals surface area contributed by atoms with E-state index in [9.17, 15) is 4.39 Å². The van der Waals surface area contributed by atoms with Gasteiger partial charge in [0.1, 0.15) is 12.5 Å². The number of hydrogen-bond donors (Lipinski definition) is 1. The first-order valence-corrected chi connectivity index (χ1v) is 10.7. The third kappa shape index (κ3) is 8.65. The van der Waals surface area contributed by atoms with Crippen LogP contribution in [0, 0.1) is 18.8 Å². The van der Waals surface area contributed by atoms with Crippen LogP contribution in [0.2, 0.25) is 0 Å². The Morgan fingerprint density at radius 1 is 1.28 bits per heavy atom. The van der Waals surface area contributed by atoms with Gasteiger partial charge in [-0.05, 0) is 106 Å². The van der Waals surface area contributed by atoms with Crippen molar-refractivity contribution in [2.24, 2.45) is 17.6 Å². The molecule has 0 heterocycles. The van der Waals surface area contributed by atoms with Crippen molar-refractivity contribution in [3.05, 3.63) is 46.0 Å². The second-order valence-corrected chi connectivity index (χ2v) is 8.59. The van der Waals surface area contributed by atoms with E-state index in [1.807, 2.05) is 19.8 Å². The molecule has 0 aliphatic heterocycles. The molecule has 1 fully saturated rings. The maximum Gasteiger partial charge on any atom is 0.106 e. The predicted molar refractivity (Wildman–Crippen MR) is 127 cm³/mol. The van der Waals surface area contributed by atoms with E-state index in [1.54, 1.807) is 30.5 Å². The zero-order valence-corrected chi connectivity index (χ0v) is 19.7. The Kier molecular flexibility index (Phi) is 12.0. The molecular weight excluding hydrogens is 361 g/mol. The summed E-state index contributed by atoms with van der Waals surface area (Å²) >= 11 is 0. The van der Waals surface area contributed by atoms with E-state index in [4.69, 9.17) is 4.79 Å². The van der Waals surface area contributed by atoms with Crippen molar-refractivity contribution in [1.29, 1.82) is 0 Å². The molecule has 1 aromatic carbocycles. The molecule has 0 radical (unpaired) electrons. The predicted octanol–water partition coefficient (Wildman–Crippen LogP) is 6.72. The molecule has 2 nitrogen and oxygen atoms in total. The summed E-state index contributed by atoms with van der Waals surface area (Å²) in [5.41, 5.74) is 12.5. The van der Waals surface area contributed by atoms with Crippen LogP contribution in [0.5, 0.6) is 0 Å². The van der Waals surface area contributed by atoms with Crippen LogP contribution in [-0.4, -0.2) is 19.5 Å². The summed E-state index contributed by atoms with van der Waals surface area (Å²) in [5, 5.41) is 0. The monoisotopic (exact) mass is 403 g/mol. The summed E-state index contributed by atoms with van der Waals surface area (Å²) in [6, 6.07) is 2.38. The summed E-state index contributed by atoms with van der Waals surface area (Å²) < 4.78 is 12.1. The van der Waals surface area contributed by atoms with Crippen LogP contribution in [0.15, 0.2) is 18.2 Å². The molecule has 29 heavy (non-hydrogen) atoms. The van der Waals surface area contributed by atoms with E-state index in [2.05, 4.69) is 45.2 Å². The highest BCUT2D eigenvalue weighted by Crippen LogP contribution is 2.39. The zero-order valence-electron chi connectivity index (χ0n) is 19.7. The third-order valence-corrected chi connectivity index (χ3v) is 5.66. The number of allylic oxidation sites excluding steroid dienone is 1. The van der Waals surface area contributed by atoms with Crippen molar-refractivity contribution in [2.75, 3.05) is 7.05 Å². The van der Waals surface area contributed by atoms with E-state index in [-0.39, 0.29) is 0 Å². The maximum atomic E-state index is 12.1. The molecule has 3 heteroatoms. The number of carbonyl (C=O) groups excluding carboxylic acids is 1.